The normalized spacial score (nSPS) is 13.9. The number of aromatic nitrogens is 4. The van der Waals surface area contributed by atoms with E-state index in [1.54, 1.807) is 48.0 Å². The maximum atomic E-state index is 13.7. The van der Waals surface area contributed by atoms with Gasteiger partial charge in [0.05, 0.1) is 46.0 Å². The lowest BCUT2D eigenvalue weighted by atomic mass is 10.0. The van der Waals surface area contributed by atoms with E-state index in [2.05, 4.69) is 40.8 Å². The number of carboxylic acids is 1. The first kappa shape index (κ1) is 44.1. The van der Waals surface area contributed by atoms with Gasteiger partial charge in [-0.1, -0.05) is 52.6 Å². The van der Waals surface area contributed by atoms with Gasteiger partial charge in [-0.25, -0.2) is 9.97 Å². The first-order valence-corrected chi connectivity index (χ1v) is 20.5. The fraction of sp³-hybridized carbons (Fsp3) is 0.450. The van der Waals surface area contributed by atoms with Crippen LogP contribution in [0.2, 0.25) is 10.0 Å². The number of imidazole rings is 2. The molecule has 0 unspecified atom stereocenters. The average molecular weight is 864 g/mol. The van der Waals surface area contributed by atoms with E-state index >= 15 is 0 Å². The molecule has 20 heteroatoms. The molecule has 0 radical (unpaired) electrons. The molecule has 0 atom stereocenters. The highest BCUT2D eigenvalue weighted by molar-refractivity contribution is 6.40. The SMILES string of the molecule is Cn1c(C(=O)Nc2cccc(-c3cccc(NC(=O)c4nc5c(n4C)CCN(CCCC(=O)NCCOCCN=[N+]=[N-])C5)c3Cl)c2Cl)nc2c1CCN(CCCC(=O)O)C2. The number of halogens is 2. The number of hydrogen-bond donors (Lipinski definition) is 4. The number of aliphatic carboxylic acids is 1. The molecule has 2 aliphatic heterocycles. The topological polar surface area (TPSA) is 225 Å². The fourth-order valence-electron chi connectivity index (χ4n) is 7.50. The minimum atomic E-state index is -0.822. The number of carbonyl (C=O) groups is 4. The Hall–Kier alpha value is -5.49. The van der Waals surface area contributed by atoms with E-state index in [0.717, 1.165) is 35.9 Å². The standard InChI is InChI=1S/C40H48Cl2N12O6/c1-51-31-13-19-53(17-5-11-33(55)44-15-21-60-22-16-45-50-43)23-29(31)46-37(51)39(58)48-27-9-3-7-25(35(27)41)26-8-4-10-28(36(26)42)49-40(59)38-47-30-24-54(18-6-12-34(56)57)20-14-32(30)52(38)2/h3-4,7-10H,5-6,11-24H2,1-2H3,(H,44,55)(H,48,58)(H,49,59)(H,56,57). The molecule has 2 aromatic carbocycles. The maximum Gasteiger partial charge on any atom is 0.303 e. The number of benzene rings is 2. The number of fused-ring (bicyclic) bond motifs is 2. The molecule has 6 rings (SSSR count). The van der Waals surface area contributed by atoms with E-state index in [-0.39, 0.29) is 40.6 Å². The minimum absolute atomic E-state index is 0.0617. The summed E-state index contributed by atoms with van der Waals surface area (Å²) >= 11 is 13.9. The second kappa shape index (κ2) is 20.7. The van der Waals surface area contributed by atoms with Crippen LogP contribution in [0.3, 0.4) is 0 Å². The van der Waals surface area contributed by atoms with E-state index in [1.807, 2.05) is 11.6 Å². The molecular weight excluding hydrogens is 815 g/mol. The van der Waals surface area contributed by atoms with Crippen LogP contribution in [-0.2, 0) is 54.4 Å². The van der Waals surface area contributed by atoms with Crippen LogP contribution in [0.4, 0.5) is 11.4 Å². The van der Waals surface area contributed by atoms with Gasteiger partial charge in [-0.15, -0.1) is 0 Å². The molecule has 2 aromatic heterocycles. The van der Waals surface area contributed by atoms with Crippen molar-refractivity contribution in [3.63, 3.8) is 0 Å². The Morgan fingerprint density at radius 3 is 1.83 bits per heavy atom. The van der Waals surface area contributed by atoms with Gasteiger partial charge < -0.3 is 34.9 Å². The Morgan fingerprint density at radius 1 is 0.817 bits per heavy atom. The van der Waals surface area contributed by atoms with E-state index in [4.69, 9.17) is 43.6 Å². The number of azide groups is 1. The van der Waals surface area contributed by atoms with Gasteiger partial charge in [-0.05, 0) is 43.6 Å². The highest BCUT2D eigenvalue weighted by Crippen LogP contribution is 2.40. The van der Waals surface area contributed by atoms with Crippen LogP contribution in [0.5, 0.6) is 0 Å². The number of carboxylic acid groups (broad SMARTS) is 1. The fourth-order valence-corrected chi connectivity index (χ4v) is 8.05. The number of amides is 3. The highest BCUT2D eigenvalue weighted by atomic mass is 35.5. The summed E-state index contributed by atoms with van der Waals surface area (Å²) in [6, 6.07) is 10.5. The van der Waals surface area contributed by atoms with Crippen molar-refractivity contribution in [3.05, 3.63) is 91.3 Å². The third-order valence-corrected chi connectivity index (χ3v) is 11.4. The van der Waals surface area contributed by atoms with Gasteiger partial charge in [0.2, 0.25) is 5.91 Å². The van der Waals surface area contributed by atoms with Crippen LogP contribution < -0.4 is 16.0 Å². The van der Waals surface area contributed by atoms with Crippen LogP contribution in [0.15, 0.2) is 41.5 Å². The first-order chi connectivity index (χ1) is 28.9. The lowest BCUT2D eigenvalue weighted by molar-refractivity contribution is -0.137. The Bertz CT molecular complexity index is 2290. The monoisotopic (exact) mass is 862 g/mol. The van der Waals surface area contributed by atoms with Crippen molar-refractivity contribution in [2.45, 2.75) is 51.6 Å². The molecule has 3 amide bonds. The lowest BCUT2D eigenvalue weighted by Gasteiger charge is -2.26. The predicted octanol–water partition coefficient (Wildman–Crippen LogP) is 5.44. The van der Waals surface area contributed by atoms with Gasteiger partial charge in [-0.2, -0.15) is 0 Å². The molecule has 18 nitrogen and oxygen atoms in total. The smallest absolute Gasteiger partial charge is 0.303 e. The van der Waals surface area contributed by atoms with Gasteiger partial charge in [0.15, 0.2) is 11.6 Å². The second-order valence-electron chi connectivity index (χ2n) is 14.6. The van der Waals surface area contributed by atoms with E-state index in [1.165, 1.54) is 0 Å². The summed E-state index contributed by atoms with van der Waals surface area (Å²) in [6.07, 6.45) is 3.07. The molecule has 0 bridgehead atoms. The molecule has 0 saturated heterocycles. The van der Waals surface area contributed by atoms with Gasteiger partial charge in [0.1, 0.15) is 0 Å². The van der Waals surface area contributed by atoms with Crippen molar-refractivity contribution in [1.29, 1.82) is 0 Å². The Morgan fingerprint density at radius 2 is 1.33 bits per heavy atom. The summed E-state index contributed by atoms with van der Waals surface area (Å²) in [7, 11) is 3.62. The summed E-state index contributed by atoms with van der Waals surface area (Å²) in [6.45, 7) is 5.22. The zero-order chi connectivity index (χ0) is 42.8. The molecule has 60 heavy (non-hydrogen) atoms. The van der Waals surface area contributed by atoms with Crippen molar-refractivity contribution in [3.8, 4) is 11.1 Å². The Balaban J connectivity index is 1.05. The second-order valence-corrected chi connectivity index (χ2v) is 15.3. The molecule has 318 valence electrons. The number of ether oxygens (including phenoxy) is 1. The number of nitrogens with zero attached hydrogens (tertiary/aromatic N) is 9. The Labute approximate surface area is 356 Å². The highest BCUT2D eigenvalue weighted by Gasteiger charge is 2.28. The summed E-state index contributed by atoms with van der Waals surface area (Å²) < 4.78 is 8.90. The molecular formula is C40H48Cl2N12O6. The molecule has 0 saturated carbocycles. The first-order valence-electron chi connectivity index (χ1n) is 19.8. The zero-order valence-corrected chi connectivity index (χ0v) is 35.1. The number of nitrogens with one attached hydrogen (secondary N) is 3. The van der Waals surface area contributed by atoms with Crippen LogP contribution in [-0.4, -0.2) is 110 Å². The van der Waals surface area contributed by atoms with Crippen molar-refractivity contribution < 1.29 is 29.0 Å². The summed E-state index contributed by atoms with van der Waals surface area (Å²) in [5.74, 6) is -1.26. The van der Waals surface area contributed by atoms with Crippen LogP contribution in [0, 0.1) is 0 Å². The minimum Gasteiger partial charge on any atom is -0.481 e. The van der Waals surface area contributed by atoms with Gasteiger partial charge in [0.25, 0.3) is 11.8 Å². The Kier molecular flexibility index (Phi) is 15.2. The van der Waals surface area contributed by atoms with E-state index in [9.17, 15) is 19.2 Å². The van der Waals surface area contributed by atoms with Crippen LogP contribution in [0.1, 0.15) is 69.7 Å². The molecule has 4 N–H and O–H groups in total. The quantitative estimate of drug-likeness (QED) is 0.0405. The van der Waals surface area contributed by atoms with Crippen molar-refractivity contribution in [2.75, 3.05) is 63.1 Å². The van der Waals surface area contributed by atoms with Gasteiger partial charge in [0, 0.05) is 106 Å². The van der Waals surface area contributed by atoms with Crippen molar-refractivity contribution in [1.82, 2.24) is 34.2 Å². The largest absolute Gasteiger partial charge is 0.481 e. The lowest BCUT2D eigenvalue weighted by Crippen LogP contribution is -2.33. The van der Waals surface area contributed by atoms with Crippen LogP contribution in [0.25, 0.3) is 21.6 Å². The van der Waals surface area contributed by atoms with Crippen LogP contribution >= 0.6 is 23.2 Å². The molecule has 2 aliphatic rings. The maximum absolute atomic E-state index is 13.7. The molecule has 4 heterocycles. The van der Waals surface area contributed by atoms with Gasteiger partial charge in [-0.3, -0.25) is 29.0 Å². The number of anilines is 2. The summed E-state index contributed by atoms with van der Waals surface area (Å²) in [5, 5.41) is 21.6. The van der Waals surface area contributed by atoms with Crippen molar-refractivity contribution in [2.24, 2.45) is 19.2 Å². The summed E-state index contributed by atoms with van der Waals surface area (Å²) in [5.41, 5.74) is 13.6. The van der Waals surface area contributed by atoms with E-state index < -0.39 is 17.8 Å². The molecule has 0 aliphatic carbocycles. The van der Waals surface area contributed by atoms with E-state index in [0.29, 0.717) is 101 Å². The molecule has 4 aromatic rings. The summed E-state index contributed by atoms with van der Waals surface area (Å²) in [4.78, 5) is 66.8. The zero-order valence-electron chi connectivity index (χ0n) is 33.5. The molecule has 0 spiro atoms. The third kappa shape index (κ3) is 10.8. The number of carbonyl (C=O) groups excluding carboxylic acids is 3. The molecule has 0 fully saturated rings. The van der Waals surface area contributed by atoms with Gasteiger partial charge >= 0.3 is 5.97 Å². The van der Waals surface area contributed by atoms with Crippen molar-refractivity contribution >= 4 is 58.3 Å². The predicted molar refractivity (Wildman–Crippen MR) is 226 cm³/mol. The number of rotatable bonds is 19. The third-order valence-electron chi connectivity index (χ3n) is 10.6. The average Bonchev–Trinajstić information content (AvgIpc) is 3.74. The number of hydrogen-bond acceptors (Lipinski definition) is 10.